The van der Waals surface area contributed by atoms with Gasteiger partial charge in [0, 0.05) is 21.2 Å². The van der Waals surface area contributed by atoms with Crippen LogP contribution >= 0.6 is 23.2 Å². The van der Waals surface area contributed by atoms with E-state index in [-0.39, 0.29) is 0 Å². The van der Waals surface area contributed by atoms with E-state index in [9.17, 15) is 0 Å². The van der Waals surface area contributed by atoms with Crippen LogP contribution in [0.15, 0.2) is 65.8 Å². The molecule has 0 aromatic heterocycles. The Balaban J connectivity index is 1.82. The summed E-state index contributed by atoms with van der Waals surface area (Å²) >= 11 is 12.3. The first-order chi connectivity index (χ1) is 11.2. The molecule has 4 heteroatoms. The van der Waals surface area contributed by atoms with Crippen molar-refractivity contribution < 1.29 is 0 Å². The third-order valence-corrected chi connectivity index (χ3v) is 4.45. The van der Waals surface area contributed by atoms with E-state index >= 15 is 0 Å². The molecular formula is C19H16Cl2N2. The van der Waals surface area contributed by atoms with E-state index in [2.05, 4.69) is 34.8 Å². The Morgan fingerprint density at radius 1 is 0.913 bits per heavy atom. The molecule has 0 spiro atoms. The highest BCUT2D eigenvalue weighted by Crippen LogP contribution is 2.24. The van der Waals surface area contributed by atoms with Crippen LogP contribution in [0.25, 0.3) is 10.8 Å². The highest BCUT2D eigenvalue weighted by Gasteiger charge is 2.06. The Morgan fingerprint density at radius 3 is 2.35 bits per heavy atom. The predicted molar refractivity (Wildman–Crippen MR) is 99.5 cm³/mol. The lowest BCUT2D eigenvalue weighted by molar-refractivity contribution is 0.744. The van der Waals surface area contributed by atoms with Crippen LogP contribution in [0.1, 0.15) is 18.1 Å². The highest BCUT2D eigenvalue weighted by atomic mass is 35.5. The van der Waals surface area contributed by atoms with Gasteiger partial charge in [-0.25, -0.2) is 0 Å². The second-order valence-corrected chi connectivity index (χ2v) is 6.07. The van der Waals surface area contributed by atoms with Crippen LogP contribution in [0.4, 0.5) is 0 Å². The van der Waals surface area contributed by atoms with Crippen molar-refractivity contribution in [2.24, 2.45) is 5.10 Å². The summed E-state index contributed by atoms with van der Waals surface area (Å²) in [7, 11) is 0. The number of nitrogens with one attached hydrogen (secondary N) is 1. The van der Waals surface area contributed by atoms with Gasteiger partial charge in [0.1, 0.15) is 0 Å². The summed E-state index contributed by atoms with van der Waals surface area (Å²) < 4.78 is 0. The van der Waals surface area contributed by atoms with Crippen molar-refractivity contribution in [1.29, 1.82) is 0 Å². The van der Waals surface area contributed by atoms with Gasteiger partial charge in [-0.15, -0.1) is 0 Å². The summed E-state index contributed by atoms with van der Waals surface area (Å²) in [5.74, 6) is 0. The average molecular weight is 343 g/mol. The number of nitrogens with zero attached hydrogens (tertiary/aromatic N) is 1. The molecular weight excluding hydrogens is 327 g/mol. The summed E-state index contributed by atoms with van der Waals surface area (Å²) in [6.07, 6.45) is 0. The van der Waals surface area contributed by atoms with E-state index < -0.39 is 0 Å². The molecule has 2 nitrogen and oxygen atoms in total. The lowest BCUT2D eigenvalue weighted by Crippen LogP contribution is -2.10. The van der Waals surface area contributed by atoms with Crippen molar-refractivity contribution >= 4 is 39.7 Å². The maximum absolute atomic E-state index is 6.17. The standard InChI is InChI=1S/C19H16Cl2N2/c1-13(15-9-4-7-14-6-2-3-8-16(14)15)23-22-12-17-18(20)10-5-11-19(17)21/h2-11,22H,12H2,1H3/b23-13-. The molecule has 0 fully saturated rings. The zero-order chi connectivity index (χ0) is 16.2. The van der Waals surface area contributed by atoms with Gasteiger partial charge in [-0.05, 0) is 29.8 Å². The van der Waals surface area contributed by atoms with E-state index in [1.165, 1.54) is 10.8 Å². The number of fused-ring (bicyclic) bond motifs is 1. The molecule has 23 heavy (non-hydrogen) atoms. The highest BCUT2D eigenvalue weighted by molar-refractivity contribution is 6.35. The number of hydrazone groups is 1. The Hall–Kier alpha value is -2.03. The molecule has 116 valence electrons. The SMILES string of the molecule is C/C(=N/NCc1c(Cl)cccc1Cl)c1cccc2ccccc12. The first-order valence-corrected chi connectivity index (χ1v) is 8.10. The number of benzene rings is 3. The first-order valence-electron chi connectivity index (χ1n) is 7.35. The van der Waals surface area contributed by atoms with Crippen LogP contribution in [0.5, 0.6) is 0 Å². The van der Waals surface area contributed by atoms with Crippen LogP contribution in [-0.2, 0) is 6.54 Å². The molecule has 0 atom stereocenters. The van der Waals surface area contributed by atoms with Crippen LogP contribution in [-0.4, -0.2) is 5.71 Å². The van der Waals surface area contributed by atoms with Gasteiger partial charge in [-0.1, -0.05) is 71.7 Å². The van der Waals surface area contributed by atoms with Crippen LogP contribution < -0.4 is 5.43 Å². The normalized spacial score (nSPS) is 11.7. The molecule has 0 amide bonds. The zero-order valence-electron chi connectivity index (χ0n) is 12.7. The molecule has 0 aliphatic carbocycles. The van der Waals surface area contributed by atoms with Crippen molar-refractivity contribution in [1.82, 2.24) is 5.43 Å². The van der Waals surface area contributed by atoms with Gasteiger partial charge in [0.05, 0.1) is 12.3 Å². The van der Waals surface area contributed by atoms with E-state index in [0.717, 1.165) is 16.8 Å². The molecule has 3 aromatic rings. The third-order valence-electron chi connectivity index (χ3n) is 3.74. The summed E-state index contributed by atoms with van der Waals surface area (Å²) in [5, 5.41) is 8.15. The minimum Gasteiger partial charge on any atom is -0.305 e. The lowest BCUT2D eigenvalue weighted by Gasteiger charge is -2.09. The Morgan fingerprint density at radius 2 is 1.57 bits per heavy atom. The fourth-order valence-corrected chi connectivity index (χ4v) is 3.07. The number of hydrogen-bond donors (Lipinski definition) is 1. The maximum Gasteiger partial charge on any atom is 0.0650 e. The Bertz CT molecular complexity index is 847. The van der Waals surface area contributed by atoms with Gasteiger partial charge in [-0.3, -0.25) is 0 Å². The molecule has 0 aliphatic rings. The summed E-state index contributed by atoms with van der Waals surface area (Å²) in [6.45, 7) is 2.48. The smallest absolute Gasteiger partial charge is 0.0650 e. The van der Waals surface area contributed by atoms with E-state index in [1.54, 1.807) is 0 Å². The maximum atomic E-state index is 6.17. The van der Waals surface area contributed by atoms with Crippen molar-refractivity contribution in [2.45, 2.75) is 13.5 Å². The first kappa shape index (κ1) is 15.9. The van der Waals surface area contributed by atoms with E-state index in [1.807, 2.05) is 43.3 Å². The fourth-order valence-electron chi connectivity index (χ4n) is 2.54. The summed E-state index contributed by atoms with van der Waals surface area (Å²) in [5.41, 5.74) is 5.95. The molecule has 1 N–H and O–H groups in total. The lowest BCUT2D eigenvalue weighted by atomic mass is 10.0. The van der Waals surface area contributed by atoms with Gasteiger partial charge >= 0.3 is 0 Å². The summed E-state index contributed by atoms with van der Waals surface area (Å²) in [6, 6.07) is 20.0. The molecule has 0 saturated heterocycles. The van der Waals surface area contributed by atoms with Gasteiger partial charge in [-0.2, -0.15) is 5.10 Å². The summed E-state index contributed by atoms with van der Waals surface area (Å²) in [4.78, 5) is 0. The van der Waals surface area contributed by atoms with Crippen molar-refractivity contribution in [3.05, 3.63) is 81.8 Å². The van der Waals surface area contributed by atoms with Crippen LogP contribution in [0.2, 0.25) is 10.0 Å². The topological polar surface area (TPSA) is 24.4 Å². The fraction of sp³-hybridized carbons (Fsp3) is 0.105. The molecule has 0 unspecified atom stereocenters. The van der Waals surface area contributed by atoms with Gasteiger partial charge < -0.3 is 5.43 Å². The van der Waals surface area contributed by atoms with Gasteiger partial charge in [0.15, 0.2) is 0 Å². The molecule has 0 radical (unpaired) electrons. The van der Waals surface area contributed by atoms with Crippen molar-refractivity contribution in [3.8, 4) is 0 Å². The number of halogens is 2. The molecule has 3 rings (SSSR count). The van der Waals surface area contributed by atoms with Gasteiger partial charge in [0.25, 0.3) is 0 Å². The van der Waals surface area contributed by atoms with Crippen LogP contribution in [0.3, 0.4) is 0 Å². The Kier molecular flexibility index (Phi) is 4.85. The minimum atomic E-state index is 0.487. The molecule has 0 saturated carbocycles. The zero-order valence-corrected chi connectivity index (χ0v) is 14.2. The van der Waals surface area contributed by atoms with Crippen molar-refractivity contribution in [3.63, 3.8) is 0 Å². The second kappa shape index (κ2) is 7.03. The monoisotopic (exact) mass is 342 g/mol. The van der Waals surface area contributed by atoms with Crippen LogP contribution in [0, 0.1) is 0 Å². The minimum absolute atomic E-state index is 0.487. The van der Waals surface area contributed by atoms with E-state index in [0.29, 0.717) is 16.6 Å². The average Bonchev–Trinajstić information content (AvgIpc) is 2.57. The predicted octanol–water partition coefficient (Wildman–Crippen LogP) is 5.66. The third kappa shape index (κ3) is 3.49. The Labute approximate surface area is 145 Å². The number of rotatable bonds is 4. The number of hydrogen-bond acceptors (Lipinski definition) is 2. The molecule has 0 bridgehead atoms. The quantitative estimate of drug-likeness (QED) is 0.480. The van der Waals surface area contributed by atoms with E-state index in [4.69, 9.17) is 23.2 Å². The molecule has 0 heterocycles. The molecule has 3 aromatic carbocycles. The van der Waals surface area contributed by atoms with Crippen molar-refractivity contribution in [2.75, 3.05) is 0 Å². The van der Waals surface area contributed by atoms with Gasteiger partial charge in [0.2, 0.25) is 0 Å². The molecule has 0 aliphatic heterocycles. The second-order valence-electron chi connectivity index (χ2n) is 5.26. The largest absolute Gasteiger partial charge is 0.305 e.